The molecule has 0 saturated heterocycles. The molecule has 0 aliphatic carbocycles. The number of benzene rings is 1. The standard InChI is InChI=1S/C20H21FN6/c1-14(2)12-26-8-7-19(25-26)24-20-9-18-16(10-22-20)11-23-27(18)13-15-5-3-4-6-17(15)21/h3-11,14H,12-13H2,1-2H3,(H,22,24,25). The maximum atomic E-state index is 14.0. The van der Waals surface area contributed by atoms with Gasteiger partial charge in [-0.1, -0.05) is 32.0 Å². The van der Waals surface area contributed by atoms with Gasteiger partial charge in [-0.3, -0.25) is 9.36 Å². The minimum atomic E-state index is -0.232. The summed E-state index contributed by atoms with van der Waals surface area (Å²) < 4.78 is 17.7. The summed E-state index contributed by atoms with van der Waals surface area (Å²) in [5.41, 5.74) is 1.48. The largest absolute Gasteiger partial charge is 0.323 e. The first-order valence-corrected chi connectivity index (χ1v) is 8.94. The predicted molar refractivity (Wildman–Crippen MR) is 103 cm³/mol. The summed E-state index contributed by atoms with van der Waals surface area (Å²) in [6.45, 7) is 5.54. The predicted octanol–water partition coefficient (Wildman–Crippen LogP) is 4.21. The molecule has 4 rings (SSSR count). The van der Waals surface area contributed by atoms with E-state index >= 15 is 0 Å². The molecule has 0 atom stereocenters. The molecule has 3 aromatic heterocycles. The van der Waals surface area contributed by atoms with E-state index in [1.165, 1.54) is 6.07 Å². The molecule has 6 nitrogen and oxygen atoms in total. The van der Waals surface area contributed by atoms with Crippen LogP contribution in [0.4, 0.5) is 16.0 Å². The van der Waals surface area contributed by atoms with Gasteiger partial charge in [-0.2, -0.15) is 10.2 Å². The van der Waals surface area contributed by atoms with Crippen molar-refractivity contribution in [1.82, 2.24) is 24.5 Å². The van der Waals surface area contributed by atoms with E-state index in [-0.39, 0.29) is 5.82 Å². The van der Waals surface area contributed by atoms with Crippen LogP contribution in [0, 0.1) is 11.7 Å². The summed E-state index contributed by atoms with van der Waals surface area (Å²) in [7, 11) is 0. The van der Waals surface area contributed by atoms with Crippen LogP contribution < -0.4 is 5.32 Å². The molecule has 4 aromatic rings. The van der Waals surface area contributed by atoms with E-state index in [4.69, 9.17) is 0 Å². The average Bonchev–Trinajstić information content (AvgIpc) is 3.23. The lowest BCUT2D eigenvalue weighted by Crippen LogP contribution is -2.05. The molecule has 0 fully saturated rings. The number of halogens is 1. The van der Waals surface area contributed by atoms with Crippen molar-refractivity contribution < 1.29 is 4.39 Å². The van der Waals surface area contributed by atoms with E-state index in [0.717, 1.165) is 23.3 Å². The number of pyridine rings is 1. The molecule has 1 N–H and O–H groups in total. The van der Waals surface area contributed by atoms with E-state index in [1.807, 2.05) is 29.1 Å². The van der Waals surface area contributed by atoms with Gasteiger partial charge < -0.3 is 5.32 Å². The zero-order valence-electron chi connectivity index (χ0n) is 15.3. The second-order valence-electron chi connectivity index (χ2n) is 6.96. The Balaban J connectivity index is 1.58. The molecule has 0 aliphatic heterocycles. The summed E-state index contributed by atoms with van der Waals surface area (Å²) in [4.78, 5) is 4.42. The molecule has 3 heterocycles. The Morgan fingerprint density at radius 3 is 2.78 bits per heavy atom. The fourth-order valence-corrected chi connectivity index (χ4v) is 2.99. The third kappa shape index (κ3) is 3.81. The highest BCUT2D eigenvalue weighted by Crippen LogP contribution is 2.20. The van der Waals surface area contributed by atoms with Crippen molar-refractivity contribution >= 4 is 22.5 Å². The number of rotatable bonds is 6. The van der Waals surface area contributed by atoms with Gasteiger partial charge >= 0.3 is 0 Å². The van der Waals surface area contributed by atoms with Crippen molar-refractivity contribution in [3.63, 3.8) is 0 Å². The fraction of sp³-hybridized carbons (Fsp3) is 0.250. The summed E-state index contributed by atoms with van der Waals surface area (Å²) >= 11 is 0. The molecule has 7 heteroatoms. The minimum Gasteiger partial charge on any atom is -0.323 e. The first kappa shape index (κ1) is 17.2. The van der Waals surface area contributed by atoms with Crippen LogP contribution in [0.5, 0.6) is 0 Å². The van der Waals surface area contributed by atoms with E-state index in [0.29, 0.717) is 23.8 Å². The highest BCUT2D eigenvalue weighted by molar-refractivity contribution is 5.80. The topological polar surface area (TPSA) is 60.6 Å². The first-order valence-electron chi connectivity index (χ1n) is 8.94. The Kier molecular flexibility index (Phi) is 4.58. The van der Waals surface area contributed by atoms with E-state index < -0.39 is 0 Å². The number of anilines is 2. The van der Waals surface area contributed by atoms with Crippen molar-refractivity contribution in [3.8, 4) is 0 Å². The number of hydrogen-bond donors (Lipinski definition) is 1. The molecular weight excluding hydrogens is 343 g/mol. The smallest absolute Gasteiger partial charge is 0.153 e. The van der Waals surface area contributed by atoms with Gasteiger partial charge in [0.2, 0.25) is 0 Å². The Morgan fingerprint density at radius 2 is 1.96 bits per heavy atom. The SMILES string of the molecule is CC(C)Cn1ccc(Nc2cc3c(cn2)cnn3Cc2ccccc2F)n1. The highest BCUT2D eigenvalue weighted by atomic mass is 19.1. The third-order valence-corrected chi connectivity index (χ3v) is 4.25. The summed E-state index contributed by atoms with van der Waals surface area (Å²) in [6, 6.07) is 10.6. The van der Waals surface area contributed by atoms with E-state index in [1.54, 1.807) is 29.2 Å². The van der Waals surface area contributed by atoms with Gasteiger partial charge in [0.15, 0.2) is 5.82 Å². The number of fused-ring (bicyclic) bond motifs is 1. The van der Waals surface area contributed by atoms with Gasteiger partial charge in [-0.25, -0.2) is 9.37 Å². The van der Waals surface area contributed by atoms with Gasteiger partial charge in [0, 0.05) is 42.0 Å². The Bertz CT molecular complexity index is 1070. The zero-order valence-corrected chi connectivity index (χ0v) is 15.3. The van der Waals surface area contributed by atoms with Crippen LogP contribution >= 0.6 is 0 Å². The molecule has 0 unspecified atom stereocenters. The number of nitrogens with one attached hydrogen (secondary N) is 1. The Labute approximate surface area is 156 Å². The van der Waals surface area contributed by atoms with Crippen LogP contribution in [0.15, 0.2) is 55.0 Å². The van der Waals surface area contributed by atoms with E-state index in [9.17, 15) is 4.39 Å². The Hall–Kier alpha value is -3.22. The molecule has 0 saturated carbocycles. The van der Waals surface area contributed by atoms with E-state index in [2.05, 4.69) is 34.3 Å². The molecule has 27 heavy (non-hydrogen) atoms. The Morgan fingerprint density at radius 1 is 1.11 bits per heavy atom. The maximum absolute atomic E-state index is 14.0. The third-order valence-electron chi connectivity index (χ3n) is 4.25. The molecule has 0 radical (unpaired) electrons. The van der Waals surface area contributed by atoms with Crippen LogP contribution in [0.3, 0.4) is 0 Å². The molecular formula is C20H21FN6. The second-order valence-corrected chi connectivity index (χ2v) is 6.96. The van der Waals surface area contributed by atoms with Crippen LogP contribution in [-0.2, 0) is 13.1 Å². The molecule has 1 aromatic carbocycles. The van der Waals surface area contributed by atoms with Gasteiger partial charge in [0.1, 0.15) is 11.6 Å². The van der Waals surface area contributed by atoms with Crippen LogP contribution in [0.2, 0.25) is 0 Å². The summed E-state index contributed by atoms with van der Waals surface area (Å²) in [5, 5.41) is 13.0. The minimum absolute atomic E-state index is 0.232. The van der Waals surface area contributed by atoms with Crippen molar-refractivity contribution in [3.05, 3.63) is 66.4 Å². The summed E-state index contributed by atoms with van der Waals surface area (Å²) in [6.07, 6.45) is 5.45. The molecule has 0 spiro atoms. The highest BCUT2D eigenvalue weighted by Gasteiger charge is 2.09. The monoisotopic (exact) mass is 364 g/mol. The molecule has 0 aliphatic rings. The van der Waals surface area contributed by atoms with Crippen molar-refractivity contribution in [2.75, 3.05) is 5.32 Å². The molecule has 0 amide bonds. The number of aromatic nitrogens is 5. The fourth-order valence-electron chi connectivity index (χ4n) is 2.99. The van der Waals surface area contributed by atoms with Gasteiger partial charge in [0.25, 0.3) is 0 Å². The zero-order chi connectivity index (χ0) is 18.8. The summed E-state index contributed by atoms with van der Waals surface area (Å²) in [5.74, 6) is 1.71. The normalized spacial score (nSPS) is 11.4. The van der Waals surface area contributed by atoms with Crippen LogP contribution in [0.25, 0.3) is 10.9 Å². The molecule has 138 valence electrons. The first-order chi connectivity index (χ1) is 13.1. The lowest BCUT2D eigenvalue weighted by atomic mass is 10.2. The second kappa shape index (κ2) is 7.19. The van der Waals surface area contributed by atoms with Gasteiger partial charge in [0.05, 0.1) is 18.3 Å². The lowest BCUT2D eigenvalue weighted by molar-refractivity contribution is 0.484. The van der Waals surface area contributed by atoms with Crippen molar-refractivity contribution in [2.24, 2.45) is 5.92 Å². The van der Waals surface area contributed by atoms with Crippen LogP contribution in [0.1, 0.15) is 19.4 Å². The van der Waals surface area contributed by atoms with Crippen molar-refractivity contribution in [2.45, 2.75) is 26.9 Å². The van der Waals surface area contributed by atoms with Gasteiger partial charge in [-0.05, 0) is 12.0 Å². The quantitative estimate of drug-likeness (QED) is 0.557. The maximum Gasteiger partial charge on any atom is 0.153 e. The van der Waals surface area contributed by atoms with Crippen LogP contribution in [-0.4, -0.2) is 24.5 Å². The average molecular weight is 364 g/mol. The lowest BCUT2D eigenvalue weighted by Gasteiger charge is -2.07. The van der Waals surface area contributed by atoms with Gasteiger partial charge in [-0.15, -0.1) is 0 Å². The number of nitrogens with zero attached hydrogens (tertiary/aromatic N) is 5. The molecule has 0 bridgehead atoms. The van der Waals surface area contributed by atoms with Crippen molar-refractivity contribution in [1.29, 1.82) is 0 Å². The number of hydrogen-bond acceptors (Lipinski definition) is 4.